The van der Waals surface area contributed by atoms with E-state index in [2.05, 4.69) is 31.6 Å². The van der Waals surface area contributed by atoms with Gasteiger partial charge in [-0.2, -0.15) is 0 Å². The molecule has 2 rings (SSSR count). The summed E-state index contributed by atoms with van der Waals surface area (Å²) in [6.07, 6.45) is 0. The summed E-state index contributed by atoms with van der Waals surface area (Å²) in [4.78, 5) is 0. The van der Waals surface area contributed by atoms with E-state index in [-0.39, 0.29) is 0 Å². The smallest absolute Gasteiger partial charge is 0.153 e. The summed E-state index contributed by atoms with van der Waals surface area (Å²) in [6.45, 7) is 1.60. The third-order valence-electron chi connectivity index (χ3n) is 2.98. The normalized spacial score (nSPS) is 12.7. The Hall–Kier alpha value is -1.34. The molecule has 0 fully saturated rings. The lowest BCUT2D eigenvalue weighted by molar-refractivity contribution is 0.531. The molecule has 0 saturated heterocycles. The van der Waals surface area contributed by atoms with Crippen molar-refractivity contribution in [3.63, 3.8) is 0 Å². The molecule has 1 aromatic carbocycles. The van der Waals surface area contributed by atoms with Crippen molar-refractivity contribution in [1.82, 2.24) is 20.3 Å². The number of rotatable bonds is 3. The lowest BCUT2D eigenvalue weighted by Gasteiger charge is -2.18. The molecule has 0 amide bonds. The summed E-state index contributed by atoms with van der Waals surface area (Å²) < 4.78 is 29.4. The van der Waals surface area contributed by atoms with Gasteiger partial charge in [0.15, 0.2) is 4.60 Å². The van der Waals surface area contributed by atoms with Gasteiger partial charge in [-0.3, -0.25) is 0 Å². The molecule has 0 aliphatic heterocycles. The zero-order valence-corrected chi connectivity index (χ0v) is 12.3. The van der Waals surface area contributed by atoms with Gasteiger partial charge in [0, 0.05) is 18.7 Å². The number of aromatic nitrogens is 3. The Morgan fingerprint density at radius 3 is 2.53 bits per heavy atom. The second-order valence-electron chi connectivity index (χ2n) is 4.23. The number of benzene rings is 1. The van der Waals surface area contributed by atoms with Crippen LogP contribution in [0, 0.1) is 18.6 Å². The van der Waals surface area contributed by atoms with Crippen molar-refractivity contribution in [2.75, 3.05) is 7.05 Å². The van der Waals surface area contributed by atoms with Crippen molar-refractivity contribution in [3.05, 3.63) is 45.2 Å². The summed E-state index contributed by atoms with van der Waals surface area (Å²) in [5, 5.41) is 10.7. The van der Waals surface area contributed by atoms with E-state index in [0.29, 0.717) is 21.4 Å². The minimum absolute atomic E-state index is 0.354. The Kier molecular flexibility index (Phi) is 3.96. The zero-order chi connectivity index (χ0) is 14.2. The quantitative estimate of drug-likeness (QED) is 0.940. The number of nitrogens with one attached hydrogen (secondary N) is 1. The molecule has 0 spiro atoms. The minimum atomic E-state index is -0.601. The molecule has 4 nitrogen and oxygen atoms in total. The minimum Gasteiger partial charge on any atom is -0.308 e. The van der Waals surface area contributed by atoms with Gasteiger partial charge in [0.05, 0.1) is 11.7 Å². The highest BCUT2D eigenvalue weighted by molar-refractivity contribution is 9.10. The van der Waals surface area contributed by atoms with E-state index in [1.165, 1.54) is 6.07 Å². The zero-order valence-electron chi connectivity index (χ0n) is 10.7. The first-order valence-corrected chi connectivity index (χ1v) is 6.43. The van der Waals surface area contributed by atoms with Crippen molar-refractivity contribution in [2.45, 2.75) is 13.0 Å². The third kappa shape index (κ3) is 2.52. The van der Waals surface area contributed by atoms with E-state index >= 15 is 0 Å². The third-order valence-corrected chi connectivity index (χ3v) is 3.54. The van der Waals surface area contributed by atoms with Crippen LogP contribution < -0.4 is 5.32 Å². The largest absolute Gasteiger partial charge is 0.308 e. The Morgan fingerprint density at radius 2 is 2.00 bits per heavy atom. The van der Waals surface area contributed by atoms with Gasteiger partial charge in [0.25, 0.3) is 0 Å². The molecule has 1 atom stereocenters. The van der Waals surface area contributed by atoms with Crippen LogP contribution in [-0.2, 0) is 7.05 Å². The fourth-order valence-electron chi connectivity index (χ4n) is 1.99. The van der Waals surface area contributed by atoms with Crippen molar-refractivity contribution in [1.29, 1.82) is 0 Å². The average molecular weight is 331 g/mol. The maximum Gasteiger partial charge on any atom is 0.153 e. The average Bonchev–Trinajstić information content (AvgIpc) is 2.68. The number of halogens is 3. The van der Waals surface area contributed by atoms with Gasteiger partial charge in [-0.1, -0.05) is 5.21 Å². The summed E-state index contributed by atoms with van der Waals surface area (Å²) in [5.74, 6) is -1.16. The van der Waals surface area contributed by atoms with Crippen molar-refractivity contribution in [3.8, 4) is 0 Å². The van der Waals surface area contributed by atoms with Crippen molar-refractivity contribution >= 4 is 15.9 Å². The Bertz CT molecular complexity index is 593. The number of aryl methyl sites for hydroxylation is 2. The van der Waals surface area contributed by atoms with Crippen LogP contribution in [-0.4, -0.2) is 22.0 Å². The van der Waals surface area contributed by atoms with Crippen molar-refractivity contribution in [2.24, 2.45) is 7.05 Å². The number of hydrogen-bond donors (Lipinski definition) is 1. The first-order chi connectivity index (χ1) is 8.95. The molecule has 102 valence electrons. The fraction of sp³-hybridized carbons (Fsp3) is 0.333. The van der Waals surface area contributed by atoms with Crippen LogP contribution in [0.15, 0.2) is 16.7 Å². The first kappa shape index (κ1) is 14.1. The highest BCUT2D eigenvalue weighted by Crippen LogP contribution is 2.29. The SMILES string of the molecule is CNC(c1cc(C)c(F)cc1F)c1c(Br)nnn1C. The predicted octanol–water partition coefficient (Wildman–Crippen LogP) is 2.47. The fourth-order valence-corrected chi connectivity index (χ4v) is 2.54. The van der Waals surface area contributed by atoms with E-state index in [0.717, 1.165) is 6.07 Å². The van der Waals surface area contributed by atoms with Gasteiger partial charge in [0.1, 0.15) is 11.6 Å². The standard InChI is InChI=1S/C12H13BrF2N4/c1-6-4-7(9(15)5-8(6)14)10(16-2)11-12(13)17-18-19(11)3/h4-5,10,16H,1-3H3. The van der Waals surface area contributed by atoms with Gasteiger partial charge in [-0.15, -0.1) is 5.10 Å². The lowest BCUT2D eigenvalue weighted by atomic mass is 10.0. The van der Waals surface area contributed by atoms with E-state index in [9.17, 15) is 8.78 Å². The number of nitrogens with zero attached hydrogens (tertiary/aromatic N) is 3. The van der Waals surface area contributed by atoms with E-state index in [1.54, 1.807) is 25.7 Å². The molecule has 19 heavy (non-hydrogen) atoms. The van der Waals surface area contributed by atoms with E-state index in [4.69, 9.17) is 0 Å². The van der Waals surface area contributed by atoms with E-state index in [1.807, 2.05) is 0 Å². The highest BCUT2D eigenvalue weighted by atomic mass is 79.9. The Balaban J connectivity index is 2.58. The molecule has 0 saturated carbocycles. The molecule has 0 aliphatic carbocycles. The highest BCUT2D eigenvalue weighted by Gasteiger charge is 2.24. The molecule has 7 heteroatoms. The van der Waals surface area contributed by atoms with Crippen LogP contribution >= 0.6 is 15.9 Å². The second-order valence-corrected chi connectivity index (χ2v) is 4.98. The molecule has 1 aromatic heterocycles. The van der Waals surface area contributed by atoms with E-state index < -0.39 is 17.7 Å². The predicted molar refractivity (Wildman–Crippen MR) is 70.7 cm³/mol. The monoisotopic (exact) mass is 330 g/mol. The van der Waals surface area contributed by atoms with Gasteiger partial charge >= 0.3 is 0 Å². The summed E-state index contributed by atoms with van der Waals surface area (Å²) in [6, 6.07) is 1.92. The van der Waals surface area contributed by atoms with Gasteiger partial charge in [-0.25, -0.2) is 13.5 Å². The van der Waals surface area contributed by atoms with Crippen LogP contribution in [0.25, 0.3) is 0 Å². The molecule has 1 N–H and O–H groups in total. The molecule has 1 heterocycles. The maximum atomic E-state index is 14.0. The molecule has 1 unspecified atom stereocenters. The van der Waals surface area contributed by atoms with Crippen molar-refractivity contribution < 1.29 is 8.78 Å². The second kappa shape index (κ2) is 5.34. The molecular formula is C12H13BrF2N4. The van der Waals surface area contributed by atoms with Gasteiger partial charge in [0.2, 0.25) is 0 Å². The topological polar surface area (TPSA) is 42.7 Å². The number of hydrogen-bond acceptors (Lipinski definition) is 3. The van der Waals surface area contributed by atoms with Crippen LogP contribution in [0.4, 0.5) is 8.78 Å². The molecule has 2 aromatic rings. The summed E-state index contributed by atoms with van der Waals surface area (Å²) in [5.41, 5.74) is 1.42. The Morgan fingerprint density at radius 1 is 1.32 bits per heavy atom. The van der Waals surface area contributed by atoms with Gasteiger partial charge in [-0.05, 0) is 41.5 Å². The van der Waals surface area contributed by atoms with Crippen LogP contribution in [0.5, 0.6) is 0 Å². The molecule has 0 radical (unpaired) electrons. The maximum absolute atomic E-state index is 14.0. The summed E-state index contributed by atoms with van der Waals surface area (Å²) >= 11 is 3.28. The molecular weight excluding hydrogens is 318 g/mol. The van der Waals surface area contributed by atoms with Crippen LogP contribution in [0.1, 0.15) is 22.9 Å². The molecule has 0 aliphatic rings. The first-order valence-electron chi connectivity index (χ1n) is 5.63. The molecule has 0 bridgehead atoms. The van der Waals surface area contributed by atoms with Gasteiger partial charge < -0.3 is 5.32 Å². The summed E-state index contributed by atoms with van der Waals surface area (Å²) in [7, 11) is 3.41. The Labute approximate surface area is 117 Å². The van der Waals surface area contributed by atoms with Crippen LogP contribution in [0.3, 0.4) is 0 Å². The van der Waals surface area contributed by atoms with Crippen LogP contribution in [0.2, 0.25) is 0 Å². The lowest BCUT2D eigenvalue weighted by Crippen LogP contribution is -2.22.